The summed E-state index contributed by atoms with van der Waals surface area (Å²) in [7, 11) is 0.393. The van der Waals surface area contributed by atoms with Gasteiger partial charge >= 0.3 is 0 Å². The third-order valence-corrected chi connectivity index (χ3v) is 6.27. The molecule has 0 N–H and O–H groups in total. The van der Waals surface area contributed by atoms with Crippen LogP contribution in [0, 0.1) is 46.0 Å². The molecule has 1 rings (SSSR count). The monoisotopic (exact) mass is 320 g/mol. The maximum atomic E-state index is 12.8. The fourth-order valence-electron chi connectivity index (χ4n) is 3.31. The molecule has 2 atom stereocenters. The molecule has 2 heteroatoms. The van der Waals surface area contributed by atoms with E-state index in [1.165, 1.54) is 34.2 Å². The summed E-state index contributed by atoms with van der Waals surface area (Å²) < 4.78 is 0. The predicted octanol–water partition coefficient (Wildman–Crippen LogP) is 6.12. The molecule has 0 radical (unpaired) electrons. The Labute approximate surface area is 139 Å². The van der Waals surface area contributed by atoms with Crippen LogP contribution in [0.2, 0.25) is 0 Å². The SMILES string of the molecule is Cc1c(C)c(C)c(C(=O)PCC(C)CC(C)(C)C)c(C)c1C. The zero-order chi connectivity index (χ0) is 17.2. The molecule has 124 valence electrons. The van der Waals surface area contributed by atoms with E-state index in [-0.39, 0.29) is 0 Å². The third-order valence-electron chi connectivity index (χ3n) is 4.80. The highest BCUT2D eigenvalue weighted by Crippen LogP contribution is 2.33. The molecule has 0 spiro atoms. The van der Waals surface area contributed by atoms with E-state index in [0.29, 0.717) is 25.4 Å². The summed E-state index contributed by atoms with van der Waals surface area (Å²) in [4.78, 5) is 12.8. The molecule has 0 aromatic heterocycles. The van der Waals surface area contributed by atoms with Crippen LogP contribution in [0.3, 0.4) is 0 Å². The molecule has 0 aliphatic carbocycles. The summed E-state index contributed by atoms with van der Waals surface area (Å²) in [5.74, 6) is 0.607. The van der Waals surface area contributed by atoms with Gasteiger partial charge < -0.3 is 0 Å². The first-order chi connectivity index (χ1) is 9.95. The van der Waals surface area contributed by atoms with E-state index in [2.05, 4.69) is 62.3 Å². The van der Waals surface area contributed by atoms with Crippen molar-refractivity contribution in [1.29, 1.82) is 0 Å². The average Bonchev–Trinajstić information content (AvgIpc) is 2.39. The first kappa shape index (κ1) is 19.4. The Bertz CT molecular complexity index is 535. The van der Waals surface area contributed by atoms with Crippen molar-refractivity contribution in [2.45, 2.75) is 68.7 Å². The fourth-order valence-corrected chi connectivity index (χ4v) is 4.54. The van der Waals surface area contributed by atoms with Crippen molar-refractivity contribution in [3.8, 4) is 0 Å². The topological polar surface area (TPSA) is 17.1 Å². The van der Waals surface area contributed by atoms with Crippen molar-refractivity contribution in [2.24, 2.45) is 11.3 Å². The first-order valence-electron chi connectivity index (χ1n) is 8.31. The van der Waals surface area contributed by atoms with Crippen molar-refractivity contribution in [1.82, 2.24) is 0 Å². The zero-order valence-corrected chi connectivity index (χ0v) is 16.9. The van der Waals surface area contributed by atoms with Gasteiger partial charge in [0, 0.05) is 5.56 Å². The van der Waals surface area contributed by atoms with Gasteiger partial charge in [-0.25, -0.2) is 0 Å². The molecule has 1 aromatic carbocycles. The van der Waals surface area contributed by atoms with E-state index in [0.717, 1.165) is 11.7 Å². The van der Waals surface area contributed by atoms with Crippen molar-refractivity contribution in [3.63, 3.8) is 0 Å². The highest BCUT2D eigenvalue weighted by molar-refractivity contribution is 7.58. The van der Waals surface area contributed by atoms with Crippen LogP contribution in [0.15, 0.2) is 0 Å². The summed E-state index contributed by atoms with van der Waals surface area (Å²) in [6, 6.07) is 0. The lowest BCUT2D eigenvalue weighted by Gasteiger charge is -2.23. The molecule has 2 unspecified atom stereocenters. The molecule has 0 heterocycles. The average molecular weight is 320 g/mol. The summed E-state index contributed by atoms with van der Waals surface area (Å²) in [5, 5.41) is 0. The maximum absolute atomic E-state index is 12.8. The van der Waals surface area contributed by atoms with Crippen LogP contribution < -0.4 is 0 Å². The smallest absolute Gasteiger partial charge is 0.181 e. The second kappa shape index (κ2) is 7.26. The lowest BCUT2D eigenvalue weighted by Crippen LogP contribution is -2.13. The van der Waals surface area contributed by atoms with E-state index in [1.54, 1.807) is 0 Å². The van der Waals surface area contributed by atoms with E-state index < -0.39 is 0 Å². The molecular weight excluding hydrogens is 287 g/mol. The van der Waals surface area contributed by atoms with E-state index >= 15 is 0 Å². The maximum Gasteiger partial charge on any atom is 0.181 e. The minimum atomic E-state index is 0.343. The van der Waals surface area contributed by atoms with Gasteiger partial charge in [0.15, 0.2) is 5.52 Å². The lowest BCUT2D eigenvalue weighted by atomic mass is 9.86. The number of benzene rings is 1. The zero-order valence-electron chi connectivity index (χ0n) is 15.9. The van der Waals surface area contributed by atoms with Crippen LogP contribution in [0.1, 0.15) is 72.3 Å². The van der Waals surface area contributed by atoms with Gasteiger partial charge in [-0.1, -0.05) is 27.7 Å². The van der Waals surface area contributed by atoms with Crippen molar-refractivity contribution >= 4 is 14.1 Å². The second-order valence-corrected chi connectivity index (χ2v) is 9.30. The van der Waals surface area contributed by atoms with Crippen LogP contribution in [-0.2, 0) is 0 Å². The van der Waals surface area contributed by atoms with Gasteiger partial charge in [0.25, 0.3) is 0 Å². The molecule has 0 fully saturated rings. The van der Waals surface area contributed by atoms with Gasteiger partial charge in [0.2, 0.25) is 0 Å². The van der Waals surface area contributed by atoms with Gasteiger partial charge in [-0.3, -0.25) is 4.79 Å². The Balaban J connectivity index is 2.92. The van der Waals surface area contributed by atoms with Gasteiger partial charge in [-0.15, -0.1) is 0 Å². The number of carbonyl (C=O) groups excluding carboxylic acids is 1. The lowest BCUT2D eigenvalue weighted by molar-refractivity contribution is 0.108. The molecule has 0 bridgehead atoms. The van der Waals surface area contributed by atoms with Gasteiger partial charge in [0.1, 0.15) is 0 Å². The Morgan fingerprint density at radius 3 is 1.73 bits per heavy atom. The van der Waals surface area contributed by atoms with Gasteiger partial charge in [-0.2, -0.15) is 0 Å². The second-order valence-electron chi connectivity index (χ2n) is 8.08. The van der Waals surface area contributed by atoms with Crippen LogP contribution in [0.25, 0.3) is 0 Å². The minimum absolute atomic E-state index is 0.343. The predicted molar refractivity (Wildman–Crippen MR) is 101 cm³/mol. The largest absolute Gasteiger partial charge is 0.289 e. The van der Waals surface area contributed by atoms with Crippen LogP contribution in [0.4, 0.5) is 0 Å². The minimum Gasteiger partial charge on any atom is -0.289 e. The van der Waals surface area contributed by atoms with Crippen molar-refractivity contribution < 1.29 is 4.79 Å². The van der Waals surface area contributed by atoms with E-state index in [9.17, 15) is 4.79 Å². The first-order valence-corrected chi connectivity index (χ1v) is 9.51. The molecule has 0 saturated carbocycles. The van der Waals surface area contributed by atoms with Crippen LogP contribution in [-0.4, -0.2) is 11.7 Å². The molecule has 1 aromatic rings. The Morgan fingerprint density at radius 2 is 1.32 bits per heavy atom. The van der Waals surface area contributed by atoms with E-state index in [1.807, 2.05) is 0 Å². The standard InChI is InChI=1S/C20H33OP/c1-12(10-20(7,8)9)11-22-19(21)18-16(5)14(3)13(2)15(4)17(18)6/h12,22H,10-11H2,1-9H3. The van der Waals surface area contributed by atoms with Gasteiger partial charge in [-0.05, 0) is 94.9 Å². The summed E-state index contributed by atoms with van der Waals surface area (Å²) in [6.45, 7) is 19.7. The molecule has 0 aliphatic heterocycles. The Kier molecular flexibility index (Phi) is 6.39. The molecule has 0 aliphatic rings. The number of hydrogen-bond acceptors (Lipinski definition) is 1. The molecular formula is C20H33OP. The van der Waals surface area contributed by atoms with Crippen LogP contribution in [0.5, 0.6) is 0 Å². The summed E-state index contributed by atoms with van der Waals surface area (Å²) in [5.41, 5.74) is 7.93. The number of hydrogen-bond donors (Lipinski definition) is 0. The molecule has 0 saturated heterocycles. The highest BCUT2D eigenvalue weighted by atomic mass is 31.1. The number of carbonyl (C=O) groups is 1. The molecule has 1 nitrogen and oxygen atoms in total. The molecule has 22 heavy (non-hydrogen) atoms. The Hall–Kier alpha value is -0.680. The van der Waals surface area contributed by atoms with Crippen LogP contribution >= 0.6 is 8.58 Å². The third kappa shape index (κ3) is 4.66. The summed E-state index contributed by atoms with van der Waals surface area (Å²) in [6.07, 6.45) is 2.19. The Morgan fingerprint density at radius 1 is 0.909 bits per heavy atom. The molecule has 0 amide bonds. The normalized spacial score (nSPS) is 13.9. The fraction of sp³-hybridized carbons (Fsp3) is 0.650. The van der Waals surface area contributed by atoms with Crippen molar-refractivity contribution in [2.75, 3.05) is 6.16 Å². The summed E-state index contributed by atoms with van der Waals surface area (Å²) >= 11 is 0. The quantitative estimate of drug-likeness (QED) is 0.597. The van der Waals surface area contributed by atoms with E-state index in [4.69, 9.17) is 0 Å². The van der Waals surface area contributed by atoms with Crippen molar-refractivity contribution in [3.05, 3.63) is 33.4 Å². The van der Waals surface area contributed by atoms with Gasteiger partial charge in [0.05, 0.1) is 0 Å². The highest BCUT2D eigenvalue weighted by Gasteiger charge is 2.20. The number of rotatable bonds is 5.